The standard InChI is InChI=1S/C13H19NO2/c1-9(12(14)15)16-11-7-5-6-10(8-11)13(2,3)4/h5-9H,1-4H3,(H2,14,15)/t9-/m1/s1. The van der Waals surface area contributed by atoms with Crippen molar-refractivity contribution in [3.8, 4) is 5.75 Å². The SMILES string of the molecule is C[C@@H](Oc1cccc(C(C)(C)C)c1)C(N)=O. The molecule has 0 unspecified atom stereocenters. The maximum atomic E-state index is 10.9. The summed E-state index contributed by atoms with van der Waals surface area (Å²) in [6.45, 7) is 8.03. The molecule has 16 heavy (non-hydrogen) atoms. The van der Waals surface area contributed by atoms with E-state index in [-0.39, 0.29) is 5.41 Å². The molecule has 1 aromatic carbocycles. The van der Waals surface area contributed by atoms with Crippen molar-refractivity contribution in [2.75, 3.05) is 0 Å². The molecule has 0 bridgehead atoms. The summed E-state index contributed by atoms with van der Waals surface area (Å²) in [5.74, 6) is 0.222. The van der Waals surface area contributed by atoms with Crippen LogP contribution in [0.5, 0.6) is 5.75 Å². The lowest BCUT2D eigenvalue weighted by Crippen LogP contribution is -2.30. The van der Waals surface area contributed by atoms with E-state index in [1.165, 1.54) is 5.56 Å². The molecule has 0 radical (unpaired) electrons. The van der Waals surface area contributed by atoms with Gasteiger partial charge in [0.25, 0.3) is 5.91 Å². The van der Waals surface area contributed by atoms with E-state index in [9.17, 15) is 4.79 Å². The summed E-state index contributed by atoms with van der Waals surface area (Å²) < 4.78 is 5.44. The van der Waals surface area contributed by atoms with Gasteiger partial charge in [-0.2, -0.15) is 0 Å². The molecule has 88 valence electrons. The largest absolute Gasteiger partial charge is 0.481 e. The first kappa shape index (κ1) is 12.6. The zero-order valence-corrected chi connectivity index (χ0v) is 10.3. The Morgan fingerprint density at radius 1 is 1.38 bits per heavy atom. The van der Waals surface area contributed by atoms with Crippen molar-refractivity contribution >= 4 is 5.91 Å². The van der Waals surface area contributed by atoms with Crippen molar-refractivity contribution in [3.05, 3.63) is 29.8 Å². The molecule has 1 rings (SSSR count). The van der Waals surface area contributed by atoms with E-state index in [2.05, 4.69) is 20.8 Å². The van der Waals surface area contributed by atoms with Crippen LogP contribution in [0.1, 0.15) is 33.3 Å². The minimum atomic E-state index is -0.602. The summed E-state index contributed by atoms with van der Waals surface area (Å²) in [5, 5.41) is 0. The van der Waals surface area contributed by atoms with E-state index < -0.39 is 12.0 Å². The smallest absolute Gasteiger partial charge is 0.258 e. The molecule has 0 fully saturated rings. The third-order valence-electron chi connectivity index (χ3n) is 2.41. The molecule has 0 heterocycles. The van der Waals surface area contributed by atoms with Crippen molar-refractivity contribution in [2.24, 2.45) is 5.73 Å². The first-order valence-electron chi connectivity index (χ1n) is 5.37. The third kappa shape index (κ3) is 3.26. The third-order valence-corrected chi connectivity index (χ3v) is 2.41. The van der Waals surface area contributed by atoms with Gasteiger partial charge in [0.15, 0.2) is 6.10 Å². The summed E-state index contributed by atoms with van der Waals surface area (Å²) in [7, 11) is 0. The maximum Gasteiger partial charge on any atom is 0.258 e. The number of nitrogens with two attached hydrogens (primary N) is 1. The predicted octanol–water partition coefficient (Wildman–Crippen LogP) is 2.24. The molecule has 1 atom stereocenters. The van der Waals surface area contributed by atoms with Gasteiger partial charge in [0.05, 0.1) is 0 Å². The molecule has 0 saturated heterocycles. The number of primary amides is 1. The number of carbonyl (C=O) groups excluding carboxylic acids is 1. The molecule has 0 aliphatic rings. The van der Waals surface area contributed by atoms with Crippen LogP contribution in [0.4, 0.5) is 0 Å². The Balaban J connectivity index is 2.87. The van der Waals surface area contributed by atoms with Crippen LogP contribution in [0, 0.1) is 0 Å². The number of ether oxygens (including phenoxy) is 1. The van der Waals surface area contributed by atoms with E-state index in [0.29, 0.717) is 5.75 Å². The van der Waals surface area contributed by atoms with Gasteiger partial charge in [-0.05, 0) is 30.0 Å². The van der Waals surface area contributed by atoms with Crippen LogP contribution in [0.15, 0.2) is 24.3 Å². The van der Waals surface area contributed by atoms with Crippen molar-refractivity contribution < 1.29 is 9.53 Å². The van der Waals surface area contributed by atoms with Crippen LogP contribution in [0.25, 0.3) is 0 Å². The number of rotatable bonds is 3. The molecule has 0 spiro atoms. The zero-order chi connectivity index (χ0) is 12.3. The molecule has 0 aromatic heterocycles. The fourth-order valence-corrected chi connectivity index (χ4v) is 1.30. The van der Waals surface area contributed by atoms with Crippen molar-refractivity contribution in [1.29, 1.82) is 0 Å². The lowest BCUT2D eigenvalue weighted by molar-refractivity contribution is -0.123. The highest BCUT2D eigenvalue weighted by atomic mass is 16.5. The molecule has 3 nitrogen and oxygen atoms in total. The lowest BCUT2D eigenvalue weighted by atomic mass is 9.87. The van der Waals surface area contributed by atoms with Gasteiger partial charge in [-0.15, -0.1) is 0 Å². The molecular formula is C13H19NO2. The summed E-state index contributed by atoms with van der Waals surface area (Å²) in [6, 6.07) is 7.74. The van der Waals surface area contributed by atoms with Gasteiger partial charge in [-0.25, -0.2) is 0 Å². The summed E-state index contributed by atoms with van der Waals surface area (Å²) in [4.78, 5) is 10.9. The second kappa shape index (κ2) is 4.56. The first-order valence-corrected chi connectivity index (χ1v) is 5.37. The minimum absolute atomic E-state index is 0.0648. The van der Waals surface area contributed by atoms with Crippen LogP contribution in [-0.2, 0) is 10.2 Å². The van der Waals surface area contributed by atoms with Gasteiger partial charge in [-0.1, -0.05) is 32.9 Å². The summed E-state index contributed by atoms with van der Waals surface area (Å²) in [5.41, 5.74) is 6.38. The van der Waals surface area contributed by atoms with Gasteiger partial charge in [0.2, 0.25) is 0 Å². The fraction of sp³-hybridized carbons (Fsp3) is 0.462. The summed E-state index contributed by atoms with van der Waals surface area (Å²) >= 11 is 0. The lowest BCUT2D eigenvalue weighted by Gasteiger charge is -2.20. The van der Waals surface area contributed by atoms with Gasteiger partial charge in [0, 0.05) is 0 Å². The normalized spacial score (nSPS) is 13.2. The monoisotopic (exact) mass is 221 g/mol. The van der Waals surface area contributed by atoms with Crippen molar-refractivity contribution in [1.82, 2.24) is 0 Å². The number of benzene rings is 1. The Morgan fingerprint density at radius 2 is 2.00 bits per heavy atom. The number of hydrogen-bond acceptors (Lipinski definition) is 2. The van der Waals surface area contributed by atoms with E-state index in [1.807, 2.05) is 24.3 Å². The van der Waals surface area contributed by atoms with Crippen LogP contribution in [-0.4, -0.2) is 12.0 Å². The molecule has 1 aromatic rings. The van der Waals surface area contributed by atoms with Gasteiger partial charge in [0.1, 0.15) is 5.75 Å². The van der Waals surface area contributed by atoms with Gasteiger partial charge >= 0.3 is 0 Å². The Labute approximate surface area is 96.6 Å². The summed E-state index contributed by atoms with van der Waals surface area (Å²) in [6.07, 6.45) is -0.602. The fourth-order valence-electron chi connectivity index (χ4n) is 1.30. The van der Waals surface area contributed by atoms with Crippen molar-refractivity contribution in [2.45, 2.75) is 39.2 Å². The minimum Gasteiger partial charge on any atom is -0.481 e. The topological polar surface area (TPSA) is 52.3 Å². The predicted molar refractivity (Wildman–Crippen MR) is 64.4 cm³/mol. The first-order chi connectivity index (χ1) is 7.30. The Bertz CT molecular complexity index is 380. The maximum absolute atomic E-state index is 10.9. The van der Waals surface area contributed by atoms with Crippen LogP contribution in [0.3, 0.4) is 0 Å². The average Bonchev–Trinajstić information content (AvgIpc) is 2.16. The Kier molecular flexibility index (Phi) is 3.58. The zero-order valence-electron chi connectivity index (χ0n) is 10.3. The Morgan fingerprint density at radius 3 is 2.50 bits per heavy atom. The molecule has 0 aliphatic carbocycles. The van der Waals surface area contributed by atoms with Gasteiger partial charge in [-0.3, -0.25) is 4.79 Å². The average molecular weight is 221 g/mol. The molecule has 0 aliphatic heterocycles. The second-order valence-electron chi connectivity index (χ2n) is 4.94. The van der Waals surface area contributed by atoms with E-state index >= 15 is 0 Å². The van der Waals surface area contributed by atoms with Crippen LogP contribution < -0.4 is 10.5 Å². The molecular weight excluding hydrogens is 202 g/mol. The van der Waals surface area contributed by atoms with Crippen LogP contribution in [0.2, 0.25) is 0 Å². The number of carbonyl (C=O) groups is 1. The number of amides is 1. The van der Waals surface area contributed by atoms with E-state index in [4.69, 9.17) is 10.5 Å². The van der Waals surface area contributed by atoms with Gasteiger partial charge < -0.3 is 10.5 Å². The second-order valence-corrected chi connectivity index (χ2v) is 4.94. The highest BCUT2D eigenvalue weighted by Crippen LogP contribution is 2.25. The van der Waals surface area contributed by atoms with Crippen molar-refractivity contribution in [3.63, 3.8) is 0 Å². The van der Waals surface area contributed by atoms with E-state index in [1.54, 1.807) is 6.92 Å². The quantitative estimate of drug-likeness (QED) is 0.851. The number of hydrogen-bond donors (Lipinski definition) is 1. The van der Waals surface area contributed by atoms with Crippen LogP contribution >= 0.6 is 0 Å². The molecule has 2 N–H and O–H groups in total. The molecule has 3 heteroatoms. The Hall–Kier alpha value is -1.51. The highest BCUT2D eigenvalue weighted by molar-refractivity contribution is 5.78. The molecule has 1 amide bonds. The highest BCUT2D eigenvalue weighted by Gasteiger charge is 2.15. The van der Waals surface area contributed by atoms with E-state index in [0.717, 1.165) is 0 Å². The molecule has 0 saturated carbocycles.